The molecule has 2 aromatic rings. The highest BCUT2D eigenvalue weighted by atomic mass is 19.1. The van der Waals surface area contributed by atoms with E-state index in [0.29, 0.717) is 11.9 Å². The van der Waals surface area contributed by atoms with Crippen LogP contribution in [0.3, 0.4) is 0 Å². The van der Waals surface area contributed by atoms with Gasteiger partial charge in [0, 0.05) is 11.8 Å². The molecule has 114 valence electrons. The van der Waals surface area contributed by atoms with Crippen LogP contribution in [-0.4, -0.2) is 15.8 Å². The third kappa shape index (κ3) is 1.55. The van der Waals surface area contributed by atoms with Gasteiger partial charge >= 0.3 is 0 Å². The highest BCUT2D eigenvalue weighted by Gasteiger charge is 2.46. The number of nitrogens with zero attached hydrogens (tertiary/aromatic N) is 1. The number of ketones is 1. The lowest BCUT2D eigenvalue weighted by atomic mass is 9.68. The molecule has 1 heterocycles. The van der Waals surface area contributed by atoms with E-state index in [9.17, 15) is 9.18 Å². The molecule has 1 unspecified atom stereocenters. The van der Waals surface area contributed by atoms with E-state index < -0.39 is 0 Å². The van der Waals surface area contributed by atoms with Gasteiger partial charge in [0.25, 0.3) is 0 Å². The molecule has 22 heavy (non-hydrogen) atoms. The fourth-order valence-corrected chi connectivity index (χ4v) is 4.43. The zero-order chi connectivity index (χ0) is 15.5. The van der Waals surface area contributed by atoms with Gasteiger partial charge in [0.05, 0.1) is 11.8 Å². The van der Waals surface area contributed by atoms with Crippen LogP contribution in [0.5, 0.6) is 0 Å². The number of hydrogen-bond acceptors (Lipinski definition) is 2. The van der Waals surface area contributed by atoms with Gasteiger partial charge < -0.3 is 4.98 Å². The minimum atomic E-state index is -0.303. The molecule has 0 saturated carbocycles. The lowest BCUT2D eigenvalue weighted by Crippen LogP contribution is -2.27. The molecule has 0 amide bonds. The first-order chi connectivity index (χ1) is 10.6. The molecular formula is C18H19FN2O. The molecule has 0 spiro atoms. The molecular weight excluding hydrogens is 279 g/mol. The Morgan fingerprint density at radius 1 is 1.41 bits per heavy atom. The van der Waals surface area contributed by atoms with E-state index in [4.69, 9.17) is 0 Å². The summed E-state index contributed by atoms with van der Waals surface area (Å²) in [5.74, 6) is -0.0672. The average molecular weight is 298 g/mol. The number of allylic oxidation sites excluding steroid dienone is 2. The highest BCUT2D eigenvalue weighted by Crippen LogP contribution is 2.57. The van der Waals surface area contributed by atoms with Crippen LogP contribution >= 0.6 is 0 Å². The van der Waals surface area contributed by atoms with Crippen LogP contribution in [-0.2, 0) is 11.2 Å². The summed E-state index contributed by atoms with van der Waals surface area (Å²) in [6.45, 7) is 4.20. The first-order valence-corrected chi connectivity index (χ1v) is 8.03. The summed E-state index contributed by atoms with van der Waals surface area (Å²) in [6.07, 6.45) is 5.61. The van der Waals surface area contributed by atoms with E-state index in [1.807, 2.05) is 6.92 Å². The molecule has 2 aliphatic rings. The van der Waals surface area contributed by atoms with E-state index in [-0.39, 0.29) is 17.0 Å². The molecule has 2 aliphatic carbocycles. The van der Waals surface area contributed by atoms with Crippen molar-refractivity contribution in [2.45, 2.75) is 46.0 Å². The van der Waals surface area contributed by atoms with Crippen molar-refractivity contribution < 1.29 is 9.18 Å². The van der Waals surface area contributed by atoms with Crippen LogP contribution in [0.4, 0.5) is 4.39 Å². The number of benzene rings is 1. The van der Waals surface area contributed by atoms with Crippen molar-refractivity contribution in [3.8, 4) is 0 Å². The second kappa shape index (κ2) is 4.51. The van der Waals surface area contributed by atoms with Gasteiger partial charge in [0.2, 0.25) is 0 Å². The van der Waals surface area contributed by atoms with Gasteiger partial charge in [-0.05, 0) is 54.0 Å². The predicted octanol–water partition coefficient (Wildman–Crippen LogP) is 4.18. The Hall–Kier alpha value is -1.97. The fourth-order valence-electron chi connectivity index (χ4n) is 4.43. The van der Waals surface area contributed by atoms with E-state index >= 15 is 0 Å². The fraction of sp³-hybridized carbons (Fsp3) is 0.444. The maximum absolute atomic E-state index is 14.4. The van der Waals surface area contributed by atoms with E-state index in [1.165, 1.54) is 0 Å². The zero-order valence-electron chi connectivity index (χ0n) is 12.9. The monoisotopic (exact) mass is 298 g/mol. The van der Waals surface area contributed by atoms with Crippen molar-refractivity contribution in [1.82, 2.24) is 9.97 Å². The number of nitrogens with one attached hydrogen (secondary N) is 1. The van der Waals surface area contributed by atoms with Crippen molar-refractivity contribution in [3.05, 3.63) is 34.9 Å². The molecule has 0 bridgehead atoms. The summed E-state index contributed by atoms with van der Waals surface area (Å²) in [5.41, 5.74) is 5.28. The number of carbonyl (C=O) groups is 1. The second-order valence-electron chi connectivity index (χ2n) is 6.45. The molecule has 0 fully saturated rings. The molecule has 0 radical (unpaired) electrons. The van der Waals surface area contributed by atoms with E-state index in [2.05, 4.69) is 16.9 Å². The smallest absolute Gasteiger partial charge is 0.159 e. The minimum Gasteiger partial charge on any atom is -0.344 e. The number of fused-ring (bicyclic) bond motifs is 5. The third-order valence-electron chi connectivity index (χ3n) is 5.58. The lowest BCUT2D eigenvalue weighted by molar-refractivity contribution is -0.116. The zero-order valence-corrected chi connectivity index (χ0v) is 12.9. The van der Waals surface area contributed by atoms with Gasteiger partial charge in [-0.25, -0.2) is 9.37 Å². The first kappa shape index (κ1) is 13.7. The summed E-state index contributed by atoms with van der Waals surface area (Å²) in [4.78, 5) is 19.6. The summed E-state index contributed by atoms with van der Waals surface area (Å²) < 4.78 is 14.4. The van der Waals surface area contributed by atoms with Crippen molar-refractivity contribution in [2.75, 3.05) is 0 Å². The van der Waals surface area contributed by atoms with Crippen molar-refractivity contribution in [2.24, 2.45) is 5.41 Å². The number of aromatic nitrogens is 2. The van der Waals surface area contributed by atoms with Gasteiger partial charge in [-0.15, -0.1) is 0 Å². The maximum atomic E-state index is 14.4. The second-order valence-corrected chi connectivity index (χ2v) is 6.45. The summed E-state index contributed by atoms with van der Waals surface area (Å²) in [6, 6.07) is 1.60. The normalized spacial score (nSPS) is 24.0. The number of H-pyrrole nitrogens is 1. The standard InChI is InChI=1S/C18H19FN2O/c1-3-10-14(22)5-6-18(4-2)8-12-11(15(10)18)7-13(19)17-16(12)20-9-21-17/h7,9H,3-6,8H2,1-2H3,(H,20,21). The van der Waals surface area contributed by atoms with Crippen LogP contribution in [0.15, 0.2) is 18.0 Å². The Kier molecular flexibility index (Phi) is 2.80. The van der Waals surface area contributed by atoms with Crippen LogP contribution in [0, 0.1) is 11.2 Å². The molecule has 1 N–H and O–H groups in total. The highest BCUT2D eigenvalue weighted by molar-refractivity contribution is 6.07. The third-order valence-corrected chi connectivity index (χ3v) is 5.58. The Morgan fingerprint density at radius 2 is 2.23 bits per heavy atom. The summed E-state index contributed by atoms with van der Waals surface area (Å²) >= 11 is 0. The molecule has 0 aliphatic heterocycles. The van der Waals surface area contributed by atoms with Crippen LogP contribution in [0.1, 0.15) is 50.7 Å². The number of hydrogen-bond donors (Lipinski definition) is 1. The first-order valence-electron chi connectivity index (χ1n) is 8.03. The Bertz CT molecular complexity index is 833. The van der Waals surface area contributed by atoms with Gasteiger partial charge in [0.15, 0.2) is 11.6 Å². The van der Waals surface area contributed by atoms with Crippen LogP contribution in [0.2, 0.25) is 0 Å². The van der Waals surface area contributed by atoms with Gasteiger partial charge in [0.1, 0.15) is 5.52 Å². The summed E-state index contributed by atoms with van der Waals surface area (Å²) in [5, 5.41) is 0. The van der Waals surface area contributed by atoms with Crippen molar-refractivity contribution in [3.63, 3.8) is 0 Å². The largest absolute Gasteiger partial charge is 0.344 e. The van der Waals surface area contributed by atoms with Crippen molar-refractivity contribution in [1.29, 1.82) is 0 Å². The van der Waals surface area contributed by atoms with Crippen LogP contribution < -0.4 is 0 Å². The molecule has 4 heteroatoms. The molecule has 1 aromatic heterocycles. The Labute approximate surface area is 128 Å². The maximum Gasteiger partial charge on any atom is 0.159 e. The topological polar surface area (TPSA) is 45.8 Å². The number of rotatable bonds is 2. The number of Topliss-reactive ketones (excluding diaryl/α,β-unsaturated/α-hetero) is 1. The Morgan fingerprint density at radius 3 is 2.95 bits per heavy atom. The van der Waals surface area contributed by atoms with E-state index in [0.717, 1.165) is 53.5 Å². The van der Waals surface area contributed by atoms with E-state index in [1.54, 1.807) is 12.4 Å². The summed E-state index contributed by atoms with van der Waals surface area (Å²) in [7, 11) is 0. The van der Waals surface area contributed by atoms with Gasteiger partial charge in [-0.3, -0.25) is 4.79 Å². The number of halogens is 1. The quantitative estimate of drug-likeness (QED) is 0.904. The lowest BCUT2D eigenvalue weighted by Gasteiger charge is -2.35. The SMILES string of the molecule is CCC1=C2c3cc(F)c4nc[nH]c4c3CC2(CC)CCC1=O. The number of imidazole rings is 1. The predicted molar refractivity (Wildman–Crippen MR) is 83.9 cm³/mol. The molecule has 0 saturated heterocycles. The Balaban J connectivity index is 2.10. The molecule has 4 rings (SSSR count). The molecule has 1 atom stereocenters. The number of aromatic amines is 1. The van der Waals surface area contributed by atoms with Crippen LogP contribution in [0.25, 0.3) is 16.6 Å². The van der Waals surface area contributed by atoms with Gasteiger partial charge in [-0.2, -0.15) is 0 Å². The minimum absolute atomic E-state index is 0.00653. The van der Waals surface area contributed by atoms with Crippen molar-refractivity contribution >= 4 is 22.4 Å². The molecule has 3 nitrogen and oxygen atoms in total. The molecule has 1 aromatic carbocycles. The number of carbonyl (C=O) groups excluding carboxylic acids is 1. The average Bonchev–Trinajstić information content (AvgIpc) is 3.11. The van der Waals surface area contributed by atoms with Gasteiger partial charge in [-0.1, -0.05) is 13.8 Å².